The molecule has 1 aliphatic carbocycles. The molecule has 0 aromatic carbocycles. The van der Waals surface area contributed by atoms with Gasteiger partial charge in [-0.1, -0.05) is 0 Å². The molecule has 0 amide bonds. The lowest BCUT2D eigenvalue weighted by Crippen LogP contribution is -2.26. The van der Waals surface area contributed by atoms with E-state index in [1.807, 2.05) is 0 Å². The molecule has 0 heterocycles. The summed E-state index contributed by atoms with van der Waals surface area (Å²) in [5, 5.41) is 8.80. The van der Waals surface area contributed by atoms with Gasteiger partial charge in [0.15, 0.2) is 0 Å². The van der Waals surface area contributed by atoms with Gasteiger partial charge in [-0.05, 0) is 18.8 Å². The lowest BCUT2D eigenvalue weighted by molar-refractivity contribution is 0.166. The number of alkyl halides is 1. The Morgan fingerprint density at radius 3 is 2.29 bits per heavy atom. The molecule has 0 radical (unpaired) electrons. The summed E-state index contributed by atoms with van der Waals surface area (Å²) in [7, 11) is 0. The van der Waals surface area contributed by atoms with Crippen LogP contribution >= 0.6 is 11.6 Å². The Balaban J connectivity index is 2.06. The van der Waals surface area contributed by atoms with Crippen LogP contribution in [0.25, 0.3) is 0 Å². The van der Waals surface area contributed by atoms with E-state index in [4.69, 9.17) is 16.7 Å². The van der Waals surface area contributed by atoms with Crippen LogP contribution in [0.1, 0.15) is 12.8 Å². The van der Waals surface area contributed by atoms with E-state index in [1.54, 1.807) is 0 Å². The minimum absolute atomic E-state index is 0.323. The lowest BCUT2D eigenvalue weighted by Gasteiger charge is -2.28. The monoisotopic (exact) mass is 120 g/mol. The van der Waals surface area contributed by atoms with Gasteiger partial charge < -0.3 is 5.11 Å². The molecule has 1 fully saturated rings. The Kier molecular flexibility index (Phi) is 1.55. The number of hydrogen-bond donors (Lipinski definition) is 1. The van der Waals surface area contributed by atoms with Gasteiger partial charge in [-0.15, -0.1) is 11.6 Å². The molecular weight excluding hydrogens is 112 g/mol. The van der Waals surface area contributed by atoms with Crippen molar-refractivity contribution in [3.8, 4) is 0 Å². The first-order valence-electron chi connectivity index (χ1n) is 2.58. The molecule has 1 saturated carbocycles. The molecule has 1 N–H and O–H groups in total. The van der Waals surface area contributed by atoms with Gasteiger partial charge in [0.25, 0.3) is 0 Å². The maximum atomic E-state index is 8.45. The van der Waals surface area contributed by atoms with Crippen molar-refractivity contribution in [1.29, 1.82) is 0 Å². The van der Waals surface area contributed by atoms with Gasteiger partial charge in [-0.25, -0.2) is 0 Å². The van der Waals surface area contributed by atoms with Crippen molar-refractivity contribution in [1.82, 2.24) is 0 Å². The van der Waals surface area contributed by atoms with Crippen molar-refractivity contribution < 1.29 is 5.11 Å². The van der Waals surface area contributed by atoms with Crippen molar-refractivity contribution in [2.24, 2.45) is 5.92 Å². The summed E-state index contributed by atoms with van der Waals surface area (Å²) < 4.78 is 0. The second-order valence-electron chi connectivity index (χ2n) is 2.12. The smallest absolute Gasteiger partial charge is 0.0460 e. The average Bonchev–Trinajstić information content (AvgIpc) is 1.58. The Bertz CT molecular complexity index is 59.1. The third-order valence-corrected chi connectivity index (χ3v) is 1.79. The van der Waals surface area contributed by atoms with Crippen LogP contribution < -0.4 is 0 Å². The molecule has 42 valence electrons. The second-order valence-corrected chi connectivity index (χ2v) is 2.73. The minimum Gasteiger partial charge on any atom is -0.396 e. The zero-order valence-corrected chi connectivity index (χ0v) is 4.86. The van der Waals surface area contributed by atoms with Crippen LogP contribution in [-0.2, 0) is 0 Å². The molecule has 0 atom stereocenters. The van der Waals surface area contributed by atoms with Gasteiger partial charge in [-0.3, -0.25) is 0 Å². The molecule has 1 rings (SSSR count). The highest BCUT2D eigenvalue weighted by Crippen LogP contribution is 2.30. The molecular formula is C5H9ClO. The lowest BCUT2D eigenvalue weighted by atomic mass is 9.86. The van der Waals surface area contributed by atoms with Crippen LogP contribution in [0.2, 0.25) is 0 Å². The second kappa shape index (κ2) is 2.01. The van der Waals surface area contributed by atoms with Gasteiger partial charge in [-0.2, -0.15) is 0 Å². The quantitative estimate of drug-likeness (QED) is 0.512. The number of halogens is 1. The van der Waals surface area contributed by atoms with E-state index in [9.17, 15) is 0 Å². The van der Waals surface area contributed by atoms with E-state index in [0.717, 1.165) is 12.8 Å². The highest BCUT2D eigenvalue weighted by atomic mass is 35.5. The molecule has 0 aromatic heterocycles. The topological polar surface area (TPSA) is 20.2 Å². The Labute approximate surface area is 48.3 Å². The summed E-state index contributed by atoms with van der Waals surface area (Å²) in [5.41, 5.74) is 0. The average molecular weight is 121 g/mol. The molecule has 0 aromatic rings. The fraction of sp³-hybridized carbons (Fsp3) is 1.00. The number of aliphatic hydroxyl groups is 1. The Morgan fingerprint density at radius 1 is 1.57 bits per heavy atom. The van der Waals surface area contributed by atoms with Crippen LogP contribution in [0, 0.1) is 5.92 Å². The predicted molar refractivity (Wildman–Crippen MR) is 29.5 cm³/mol. The number of aliphatic hydroxyl groups excluding tert-OH is 1. The molecule has 0 aliphatic heterocycles. The zero-order valence-electron chi connectivity index (χ0n) is 4.10. The zero-order chi connectivity index (χ0) is 5.28. The van der Waals surface area contributed by atoms with E-state index in [-0.39, 0.29) is 0 Å². The van der Waals surface area contributed by atoms with Crippen LogP contribution in [0.4, 0.5) is 0 Å². The fourth-order valence-electron chi connectivity index (χ4n) is 0.803. The maximum Gasteiger partial charge on any atom is 0.0460 e. The summed E-state index contributed by atoms with van der Waals surface area (Å²) in [6, 6.07) is 0. The maximum absolute atomic E-state index is 8.45. The third-order valence-electron chi connectivity index (χ3n) is 1.44. The summed E-state index contributed by atoms with van der Waals surface area (Å²) >= 11 is 5.61. The van der Waals surface area contributed by atoms with Gasteiger partial charge in [0.05, 0.1) is 0 Å². The van der Waals surface area contributed by atoms with Gasteiger partial charge in [0, 0.05) is 12.0 Å². The largest absolute Gasteiger partial charge is 0.396 e. The fourth-order valence-corrected chi connectivity index (χ4v) is 1.31. The number of hydrogen-bond acceptors (Lipinski definition) is 1. The van der Waals surface area contributed by atoms with Crippen molar-refractivity contribution in [3.05, 3.63) is 0 Å². The first-order valence-corrected chi connectivity index (χ1v) is 3.01. The SMILES string of the molecule is OCC1CC(Cl)C1. The molecule has 0 saturated heterocycles. The van der Waals surface area contributed by atoms with Crippen LogP contribution in [0.5, 0.6) is 0 Å². The van der Waals surface area contributed by atoms with Gasteiger partial charge >= 0.3 is 0 Å². The molecule has 0 bridgehead atoms. The highest BCUT2D eigenvalue weighted by Gasteiger charge is 2.25. The van der Waals surface area contributed by atoms with Crippen molar-refractivity contribution in [2.75, 3.05) is 6.61 Å². The molecule has 1 nitrogen and oxygen atoms in total. The summed E-state index contributed by atoms with van der Waals surface area (Å²) in [4.78, 5) is 0. The summed E-state index contributed by atoms with van der Waals surface area (Å²) in [6.45, 7) is 0.323. The first-order chi connectivity index (χ1) is 3.33. The molecule has 2 heteroatoms. The van der Waals surface area contributed by atoms with Crippen molar-refractivity contribution >= 4 is 11.6 Å². The van der Waals surface area contributed by atoms with E-state index < -0.39 is 0 Å². The molecule has 1 aliphatic rings. The summed E-state index contributed by atoms with van der Waals surface area (Å²) in [5.74, 6) is 0.516. The highest BCUT2D eigenvalue weighted by molar-refractivity contribution is 6.21. The standard InChI is InChI=1S/C5H9ClO/c6-5-1-4(2-5)3-7/h4-5,7H,1-3H2. The van der Waals surface area contributed by atoms with Crippen molar-refractivity contribution in [2.45, 2.75) is 18.2 Å². The van der Waals surface area contributed by atoms with E-state index in [2.05, 4.69) is 0 Å². The first kappa shape index (κ1) is 5.39. The summed E-state index contributed by atoms with van der Waals surface area (Å²) in [6.07, 6.45) is 2.02. The molecule has 0 unspecified atom stereocenters. The third kappa shape index (κ3) is 1.07. The normalized spacial score (nSPS) is 40.3. The van der Waals surface area contributed by atoms with Crippen LogP contribution in [0.3, 0.4) is 0 Å². The van der Waals surface area contributed by atoms with E-state index in [0.29, 0.717) is 17.9 Å². The van der Waals surface area contributed by atoms with Gasteiger partial charge in [0.1, 0.15) is 0 Å². The predicted octanol–water partition coefficient (Wildman–Crippen LogP) is 0.996. The van der Waals surface area contributed by atoms with Gasteiger partial charge in [0.2, 0.25) is 0 Å². The minimum atomic E-state index is 0.323. The van der Waals surface area contributed by atoms with Crippen LogP contribution in [0.15, 0.2) is 0 Å². The number of rotatable bonds is 1. The Morgan fingerprint density at radius 2 is 2.14 bits per heavy atom. The Hall–Kier alpha value is 0.250. The molecule has 0 spiro atoms. The van der Waals surface area contributed by atoms with Crippen molar-refractivity contribution in [3.63, 3.8) is 0 Å². The van der Waals surface area contributed by atoms with E-state index >= 15 is 0 Å². The molecule has 7 heavy (non-hydrogen) atoms. The van der Waals surface area contributed by atoms with Crippen LogP contribution in [-0.4, -0.2) is 17.1 Å². The van der Waals surface area contributed by atoms with E-state index in [1.165, 1.54) is 0 Å².